The van der Waals surface area contributed by atoms with E-state index in [1.165, 1.54) is 0 Å². The Morgan fingerprint density at radius 3 is 2.40 bits per heavy atom. The van der Waals surface area contributed by atoms with Crippen LogP contribution in [0.5, 0.6) is 0 Å². The van der Waals surface area contributed by atoms with Crippen LogP contribution in [0, 0.1) is 0 Å². The Hall–Kier alpha value is 0.560. The fourth-order valence-electron chi connectivity index (χ4n) is 0.362. The number of aliphatic hydroxyl groups excluding tert-OH is 1. The summed E-state index contributed by atoms with van der Waals surface area (Å²) in [6.07, 6.45) is 0.0363. The van der Waals surface area contributed by atoms with E-state index in [0.29, 0.717) is 0 Å². The molecule has 0 atom stereocenters. The van der Waals surface area contributed by atoms with Crippen LogP contribution < -0.4 is 0 Å². The first kappa shape index (κ1) is 10.6. The van der Waals surface area contributed by atoms with Crippen molar-refractivity contribution in [1.82, 2.24) is 0 Å². The molecular formula is C4H11ClO4P+. The molecule has 0 aliphatic rings. The minimum atomic E-state index is -3.25. The molecular weight excluding hydrogens is 178 g/mol. The lowest BCUT2D eigenvalue weighted by molar-refractivity contribution is 0.168. The Kier molecular flexibility index (Phi) is 5.54. The molecule has 10 heavy (non-hydrogen) atoms. The molecule has 0 aliphatic heterocycles. The first-order chi connectivity index (χ1) is 4.62. The Morgan fingerprint density at radius 2 is 2.00 bits per heavy atom. The zero-order valence-electron chi connectivity index (χ0n) is 5.40. The number of hydrogen-bond acceptors (Lipinski definition) is 4. The van der Waals surface area contributed by atoms with Gasteiger partial charge in [0.1, 0.15) is 6.61 Å². The van der Waals surface area contributed by atoms with Gasteiger partial charge in [0, 0.05) is 0 Å². The summed E-state index contributed by atoms with van der Waals surface area (Å²) in [7, 11) is -3.25. The van der Waals surface area contributed by atoms with E-state index < -0.39 is 7.94 Å². The quantitative estimate of drug-likeness (QED) is 0.420. The van der Waals surface area contributed by atoms with Crippen molar-refractivity contribution < 1.29 is 19.4 Å². The fraction of sp³-hybridized carbons (Fsp3) is 1.00. The predicted molar refractivity (Wildman–Crippen MR) is 40.0 cm³/mol. The van der Waals surface area contributed by atoms with Crippen LogP contribution in [0.1, 0.15) is 0 Å². The monoisotopic (exact) mass is 189 g/mol. The lowest BCUT2D eigenvalue weighted by Crippen LogP contribution is -2.06. The summed E-state index contributed by atoms with van der Waals surface area (Å²) in [6.45, 7) is -0.275. The molecule has 6 heteroatoms. The van der Waals surface area contributed by atoms with Crippen LogP contribution in [0.25, 0.3) is 0 Å². The van der Waals surface area contributed by atoms with Crippen molar-refractivity contribution in [2.24, 2.45) is 0 Å². The van der Waals surface area contributed by atoms with Crippen molar-refractivity contribution >= 4 is 19.5 Å². The molecule has 0 unspecified atom stereocenters. The van der Waals surface area contributed by atoms with Gasteiger partial charge in [0.2, 0.25) is 0 Å². The minimum Gasteiger partial charge on any atom is -0.394 e. The van der Waals surface area contributed by atoms with E-state index in [1.807, 2.05) is 0 Å². The molecule has 0 aromatic rings. The molecule has 0 aliphatic carbocycles. The van der Waals surface area contributed by atoms with Gasteiger partial charge in [0.15, 0.2) is 6.16 Å². The zero-order chi connectivity index (χ0) is 8.04. The molecule has 0 radical (unpaired) electrons. The molecule has 0 spiro atoms. The summed E-state index contributed by atoms with van der Waals surface area (Å²) < 4.78 is 4.51. The molecule has 0 amide bonds. The first-order valence-corrected chi connectivity index (χ1v) is 5.10. The van der Waals surface area contributed by atoms with Crippen molar-refractivity contribution in [2.45, 2.75) is 0 Å². The average molecular weight is 190 g/mol. The highest BCUT2D eigenvalue weighted by atomic mass is 35.5. The second-order valence-electron chi connectivity index (χ2n) is 1.63. The van der Waals surface area contributed by atoms with Gasteiger partial charge in [-0.05, 0) is 0 Å². The van der Waals surface area contributed by atoms with Gasteiger partial charge in [-0.15, -0.1) is 11.6 Å². The third-order valence-electron chi connectivity index (χ3n) is 0.765. The van der Waals surface area contributed by atoms with Crippen molar-refractivity contribution in [1.29, 1.82) is 0 Å². The van der Waals surface area contributed by atoms with E-state index in [2.05, 4.69) is 4.52 Å². The van der Waals surface area contributed by atoms with Crippen LogP contribution in [0.2, 0.25) is 0 Å². The van der Waals surface area contributed by atoms with Crippen molar-refractivity contribution in [3.05, 3.63) is 0 Å². The van der Waals surface area contributed by atoms with Crippen LogP contribution in [0.15, 0.2) is 0 Å². The number of aliphatic hydroxyl groups is 1. The molecule has 0 aromatic carbocycles. The number of alkyl halides is 1. The molecule has 0 bridgehead atoms. The van der Waals surface area contributed by atoms with Gasteiger partial charge >= 0.3 is 7.94 Å². The summed E-state index contributed by atoms with van der Waals surface area (Å²) in [5, 5.41) is 8.24. The molecule has 0 saturated carbocycles. The summed E-state index contributed by atoms with van der Waals surface area (Å²) in [6, 6.07) is 0. The lowest BCUT2D eigenvalue weighted by atomic mass is 10.8. The highest BCUT2D eigenvalue weighted by Crippen LogP contribution is 2.50. The molecule has 0 saturated heterocycles. The van der Waals surface area contributed by atoms with Gasteiger partial charge in [-0.25, -0.2) is 0 Å². The maximum atomic E-state index is 8.89. The van der Waals surface area contributed by atoms with E-state index in [0.717, 1.165) is 0 Å². The normalized spacial score (nSPS) is 12.0. The van der Waals surface area contributed by atoms with Crippen LogP contribution in [0.3, 0.4) is 0 Å². The van der Waals surface area contributed by atoms with Crippen LogP contribution in [0.4, 0.5) is 0 Å². The van der Waals surface area contributed by atoms with E-state index in [9.17, 15) is 0 Å². The second-order valence-corrected chi connectivity index (χ2v) is 4.05. The summed E-state index contributed by atoms with van der Waals surface area (Å²) in [5.74, 6) is 0.145. The van der Waals surface area contributed by atoms with Gasteiger partial charge in [0.25, 0.3) is 0 Å². The van der Waals surface area contributed by atoms with Gasteiger partial charge in [-0.2, -0.15) is 14.3 Å². The fourth-order valence-corrected chi connectivity index (χ4v) is 1.75. The van der Waals surface area contributed by atoms with Crippen LogP contribution in [-0.2, 0) is 4.52 Å². The maximum Gasteiger partial charge on any atom is 0.407 e. The van der Waals surface area contributed by atoms with Gasteiger partial charge in [-0.1, -0.05) is 0 Å². The molecule has 4 nitrogen and oxygen atoms in total. The van der Waals surface area contributed by atoms with Gasteiger partial charge in [0.05, 0.1) is 12.5 Å². The Bertz CT molecular complexity index is 89.3. The Balaban J connectivity index is 3.42. The van der Waals surface area contributed by atoms with E-state index in [4.69, 9.17) is 26.5 Å². The summed E-state index contributed by atoms with van der Waals surface area (Å²) in [4.78, 5) is 17.8. The standard InChI is InChI=1S/C4H11ClO4P/c5-1-4-10(7,8)9-3-2-6/h6-8H,1-4H2/q+1. The van der Waals surface area contributed by atoms with E-state index in [1.54, 1.807) is 0 Å². The largest absolute Gasteiger partial charge is 0.407 e. The van der Waals surface area contributed by atoms with Gasteiger partial charge < -0.3 is 5.11 Å². The van der Waals surface area contributed by atoms with E-state index >= 15 is 0 Å². The second kappa shape index (κ2) is 5.24. The van der Waals surface area contributed by atoms with E-state index in [-0.39, 0.29) is 25.3 Å². The minimum absolute atomic E-state index is 0.0363. The Labute approximate surface area is 65.0 Å². The lowest BCUT2D eigenvalue weighted by Gasteiger charge is -2.07. The number of rotatable bonds is 5. The molecule has 0 aromatic heterocycles. The SMILES string of the molecule is OCCO[P+](O)(O)CCCl. The predicted octanol–water partition coefficient (Wildman–Crippen LogP) is -0.0187. The average Bonchev–Trinajstić information content (AvgIpc) is 1.84. The van der Waals surface area contributed by atoms with Crippen LogP contribution in [-0.4, -0.2) is 40.1 Å². The summed E-state index contributed by atoms with van der Waals surface area (Å²) in [5.41, 5.74) is 0. The zero-order valence-corrected chi connectivity index (χ0v) is 7.05. The summed E-state index contributed by atoms with van der Waals surface area (Å²) >= 11 is 5.23. The Morgan fingerprint density at radius 1 is 1.40 bits per heavy atom. The molecule has 3 N–H and O–H groups in total. The van der Waals surface area contributed by atoms with Crippen molar-refractivity contribution in [3.8, 4) is 0 Å². The molecule has 0 heterocycles. The number of halogens is 1. The van der Waals surface area contributed by atoms with Crippen molar-refractivity contribution in [3.63, 3.8) is 0 Å². The van der Waals surface area contributed by atoms with Crippen molar-refractivity contribution in [2.75, 3.05) is 25.3 Å². The smallest absolute Gasteiger partial charge is 0.394 e. The maximum absolute atomic E-state index is 8.89. The third-order valence-corrected chi connectivity index (χ3v) is 2.62. The number of hydrogen-bond donors (Lipinski definition) is 3. The first-order valence-electron chi connectivity index (χ1n) is 2.77. The highest BCUT2D eigenvalue weighted by molar-refractivity contribution is 7.59. The molecule has 0 fully saturated rings. The highest BCUT2D eigenvalue weighted by Gasteiger charge is 2.34. The van der Waals surface area contributed by atoms with Crippen LogP contribution >= 0.6 is 19.5 Å². The molecule has 62 valence electrons. The molecule has 0 rings (SSSR count). The topological polar surface area (TPSA) is 69.9 Å². The third kappa shape index (κ3) is 5.35. The van der Waals surface area contributed by atoms with Gasteiger partial charge in [-0.3, -0.25) is 0 Å².